The van der Waals surface area contributed by atoms with Crippen LogP contribution < -0.4 is 16.8 Å². The van der Waals surface area contributed by atoms with Crippen molar-refractivity contribution in [1.29, 1.82) is 0 Å². The molecule has 1 aliphatic carbocycles. The van der Waals surface area contributed by atoms with Crippen LogP contribution in [0.5, 0.6) is 0 Å². The smallest absolute Gasteiger partial charge is 0.252 e. The molecule has 21 heavy (non-hydrogen) atoms. The zero-order valence-corrected chi connectivity index (χ0v) is 12.2. The Morgan fingerprint density at radius 3 is 2.86 bits per heavy atom. The van der Waals surface area contributed by atoms with Gasteiger partial charge < -0.3 is 16.8 Å². The van der Waals surface area contributed by atoms with Gasteiger partial charge >= 0.3 is 0 Å². The summed E-state index contributed by atoms with van der Waals surface area (Å²) in [6.45, 7) is 2.24. The van der Waals surface area contributed by atoms with Gasteiger partial charge in [0.05, 0.1) is 23.0 Å². The number of amides is 1. The molecule has 0 bridgehead atoms. The second-order valence-electron chi connectivity index (χ2n) is 5.87. The lowest BCUT2D eigenvalue weighted by Gasteiger charge is -2.31. The van der Waals surface area contributed by atoms with E-state index in [4.69, 9.17) is 11.5 Å². The lowest BCUT2D eigenvalue weighted by atomic mass is 9.85. The summed E-state index contributed by atoms with van der Waals surface area (Å²) in [5, 5.41) is 7.71. The van der Waals surface area contributed by atoms with Crippen molar-refractivity contribution in [2.24, 2.45) is 11.7 Å². The van der Waals surface area contributed by atoms with Crippen molar-refractivity contribution >= 4 is 22.9 Å². The summed E-state index contributed by atoms with van der Waals surface area (Å²) in [4.78, 5) is 11.7. The lowest BCUT2D eigenvalue weighted by Crippen LogP contribution is -2.31. The Morgan fingerprint density at radius 1 is 1.38 bits per heavy atom. The summed E-state index contributed by atoms with van der Waals surface area (Å²) >= 11 is 0. The molecule has 0 spiro atoms. The van der Waals surface area contributed by atoms with Crippen molar-refractivity contribution < 1.29 is 4.79 Å². The van der Waals surface area contributed by atoms with E-state index < -0.39 is 5.91 Å². The third-order valence-corrected chi connectivity index (χ3v) is 4.42. The SMILES string of the molecule is C[C@H]1CCCC[C@H]1Nc1c(C(N)=O)cnn2c(N)ccc12. The van der Waals surface area contributed by atoms with Gasteiger partial charge in [-0.25, -0.2) is 4.52 Å². The number of nitrogen functional groups attached to an aromatic ring is 1. The zero-order valence-electron chi connectivity index (χ0n) is 12.2. The minimum Gasteiger partial charge on any atom is -0.384 e. The molecule has 2 aromatic heterocycles. The number of carbonyl (C=O) groups excluding carboxylic acids is 1. The van der Waals surface area contributed by atoms with Crippen LogP contribution in [0.25, 0.3) is 5.52 Å². The first-order valence-corrected chi connectivity index (χ1v) is 7.40. The summed E-state index contributed by atoms with van der Waals surface area (Å²) < 4.78 is 1.63. The summed E-state index contributed by atoms with van der Waals surface area (Å²) in [5.74, 6) is 0.636. The van der Waals surface area contributed by atoms with Gasteiger partial charge in [0.25, 0.3) is 5.91 Å². The molecule has 1 amide bonds. The Labute approximate surface area is 123 Å². The highest BCUT2D eigenvalue weighted by Crippen LogP contribution is 2.30. The van der Waals surface area contributed by atoms with Crippen molar-refractivity contribution in [3.63, 3.8) is 0 Å². The van der Waals surface area contributed by atoms with Crippen LogP contribution in [0.2, 0.25) is 0 Å². The largest absolute Gasteiger partial charge is 0.384 e. The van der Waals surface area contributed by atoms with Crippen LogP contribution in [0.15, 0.2) is 18.3 Å². The summed E-state index contributed by atoms with van der Waals surface area (Å²) in [7, 11) is 0. The Kier molecular flexibility index (Phi) is 3.45. The minimum atomic E-state index is -0.476. The number of primary amides is 1. The average Bonchev–Trinajstić information content (AvgIpc) is 2.83. The third-order valence-electron chi connectivity index (χ3n) is 4.42. The molecule has 6 nitrogen and oxygen atoms in total. The van der Waals surface area contributed by atoms with E-state index in [9.17, 15) is 4.79 Å². The molecule has 0 unspecified atom stereocenters. The molecule has 1 fully saturated rings. The van der Waals surface area contributed by atoms with E-state index in [1.54, 1.807) is 10.6 Å². The number of hydrogen-bond acceptors (Lipinski definition) is 4. The van der Waals surface area contributed by atoms with Gasteiger partial charge in [-0.1, -0.05) is 19.8 Å². The molecule has 2 atom stereocenters. The van der Waals surface area contributed by atoms with E-state index in [1.165, 1.54) is 25.5 Å². The van der Waals surface area contributed by atoms with Crippen LogP contribution in [-0.4, -0.2) is 21.6 Å². The third kappa shape index (κ3) is 2.41. The highest BCUT2D eigenvalue weighted by atomic mass is 16.1. The van der Waals surface area contributed by atoms with Crippen LogP contribution in [0.3, 0.4) is 0 Å². The average molecular weight is 287 g/mol. The standard InChI is InChI=1S/C15H21N5O/c1-9-4-2-3-5-11(9)19-14-10(15(17)21)8-18-20-12(14)6-7-13(20)16/h6-9,11,19H,2-5,16H2,1H3,(H2,17,21)/t9-,11+/m0/s1. The normalized spacial score (nSPS) is 22.3. The Bertz CT molecular complexity index is 678. The van der Waals surface area contributed by atoms with E-state index >= 15 is 0 Å². The number of nitrogens with zero attached hydrogens (tertiary/aromatic N) is 2. The van der Waals surface area contributed by atoms with E-state index in [0.717, 1.165) is 17.6 Å². The topological polar surface area (TPSA) is 98.4 Å². The molecule has 112 valence electrons. The fourth-order valence-corrected chi connectivity index (χ4v) is 3.14. The van der Waals surface area contributed by atoms with E-state index in [-0.39, 0.29) is 0 Å². The molecule has 0 saturated heterocycles. The summed E-state index contributed by atoms with van der Waals surface area (Å²) in [5.41, 5.74) is 13.3. The van der Waals surface area contributed by atoms with Gasteiger partial charge in [0.15, 0.2) is 0 Å². The first kappa shape index (κ1) is 13.7. The second-order valence-corrected chi connectivity index (χ2v) is 5.87. The molecule has 0 radical (unpaired) electrons. The maximum absolute atomic E-state index is 11.7. The molecule has 5 N–H and O–H groups in total. The second kappa shape index (κ2) is 5.27. The summed E-state index contributed by atoms with van der Waals surface area (Å²) in [6.07, 6.45) is 6.27. The summed E-state index contributed by atoms with van der Waals surface area (Å²) in [6, 6.07) is 3.99. The molecule has 0 aromatic carbocycles. The van der Waals surface area contributed by atoms with Crippen LogP contribution >= 0.6 is 0 Å². The maximum atomic E-state index is 11.7. The van der Waals surface area contributed by atoms with Gasteiger partial charge in [0.2, 0.25) is 0 Å². The van der Waals surface area contributed by atoms with Crippen molar-refractivity contribution in [1.82, 2.24) is 9.61 Å². The fourth-order valence-electron chi connectivity index (χ4n) is 3.14. The highest BCUT2D eigenvalue weighted by molar-refractivity contribution is 6.02. The van der Waals surface area contributed by atoms with Crippen LogP contribution in [0.4, 0.5) is 11.5 Å². The number of hydrogen-bond donors (Lipinski definition) is 3. The van der Waals surface area contributed by atoms with Crippen LogP contribution in [0.1, 0.15) is 43.0 Å². The number of anilines is 2. The number of aromatic nitrogens is 2. The predicted molar refractivity (Wildman–Crippen MR) is 83.2 cm³/mol. The van der Waals surface area contributed by atoms with Crippen molar-refractivity contribution in [2.75, 3.05) is 11.1 Å². The molecule has 6 heteroatoms. The number of nitrogens with one attached hydrogen (secondary N) is 1. The van der Waals surface area contributed by atoms with Gasteiger partial charge in [-0.05, 0) is 30.9 Å². The first-order valence-electron chi connectivity index (χ1n) is 7.40. The Morgan fingerprint density at radius 2 is 2.14 bits per heavy atom. The van der Waals surface area contributed by atoms with Crippen molar-refractivity contribution in [3.05, 3.63) is 23.9 Å². The fraction of sp³-hybridized carbons (Fsp3) is 0.467. The number of fused-ring (bicyclic) bond motifs is 1. The van der Waals surface area contributed by atoms with E-state index in [1.807, 2.05) is 6.07 Å². The van der Waals surface area contributed by atoms with Gasteiger partial charge in [0.1, 0.15) is 5.82 Å². The molecule has 3 rings (SSSR count). The maximum Gasteiger partial charge on any atom is 0.252 e. The van der Waals surface area contributed by atoms with E-state index in [2.05, 4.69) is 17.3 Å². The highest BCUT2D eigenvalue weighted by Gasteiger charge is 2.24. The molecular weight excluding hydrogens is 266 g/mol. The molecule has 0 aliphatic heterocycles. The molecular formula is C15H21N5O. The van der Waals surface area contributed by atoms with Crippen LogP contribution in [0, 0.1) is 5.92 Å². The monoisotopic (exact) mass is 287 g/mol. The van der Waals surface area contributed by atoms with Gasteiger partial charge in [-0.15, -0.1) is 0 Å². The number of carbonyl (C=O) groups is 1. The first-order chi connectivity index (χ1) is 10.1. The van der Waals surface area contributed by atoms with Crippen LogP contribution in [-0.2, 0) is 0 Å². The minimum absolute atomic E-state index is 0.346. The predicted octanol–water partition coefficient (Wildman–Crippen LogP) is 2.01. The van der Waals surface area contributed by atoms with Gasteiger partial charge in [0, 0.05) is 6.04 Å². The van der Waals surface area contributed by atoms with Gasteiger partial charge in [-0.3, -0.25) is 4.79 Å². The Balaban J connectivity index is 2.05. The quantitative estimate of drug-likeness (QED) is 0.804. The van der Waals surface area contributed by atoms with Crippen molar-refractivity contribution in [2.45, 2.75) is 38.6 Å². The van der Waals surface area contributed by atoms with Crippen molar-refractivity contribution in [3.8, 4) is 0 Å². The zero-order chi connectivity index (χ0) is 15.0. The Hall–Kier alpha value is -2.24. The number of rotatable bonds is 3. The lowest BCUT2D eigenvalue weighted by molar-refractivity contribution is 0.100. The molecule has 1 aliphatic rings. The molecule has 2 aromatic rings. The molecule has 2 heterocycles. The molecule has 1 saturated carbocycles. The van der Waals surface area contributed by atoms with E-state index in [0.29, 0.717) is 23.3 Å². The number of nitrogens with two attached hydrogens (primary N) is 2. The van der Waals surface area contributed by atoms with Gasteiger partial charge in [-0.2, -0.15) is 5.10 Å².